The maximum atomic E-state index is 11.1. The highest BCUT2D eigenvalue weighted by molar-refractivity contribution is 5.74. The van der Waals surface area contributed by atoms with Gasteiger partial charge in [-0.25, -0.2) is 10.4 Å². The minimum Gasteiger partial charge on any atom is -0.480 e. The van der Waals surface area contributed by atoms with Gasteiger partial charge >= 0.3 is 5.97 Å². The Bertz CT molecular complexity index is 279. The van der Waals surface area contributed by atoms with Gasteiger partial charge in [-0.2, -0.15) is 0 Å². The molecule has 7 nitrogen and oxygen atoms in total. The number of nitrogens with two attached hydrogens (primary N) is 1. The number of aliphatic carboxylic acids is 1. The van der Waals surface area contributed by atoms with E-state index >= 15 is 0 Å². The molecule has 0 amide bonds. The zero-order valence-corrected chi connectivity index (χ0v) is 10.6. The van der Waals surface area contributed by atoms with Gasteiger partial charge in [-0.1, -0.05) is 6.42 Å². The molecule has 1 fully saturated rings. The first-order valence-corrected chi connectivity index (χ1v) is 6.41. The molecule has 1 atom stereocenters. The van der Waals surface area contributed by atoms with Crippen molar-refractivity contribution in [2.75, 3.05) is 19.6 Å². The van der Waals surface area contributed by atoms with E-state index < -0.39 is 12.0 Å². The van der Waals surface area contributed by atoms with Crippen LogP contribution in [0.25, 0.3) is 0 Å². The van der Waals surface area contributed by atoms with Gasteiger partial charge in [0.1, 0.15) is 6.04 Å². The number of hydrazine groups is 1. The largest absolute Gasteiger partial charge is 0.480 e. The van der Waals surface area contributed by atoms with Crippen LogP contribution < -0.4 is 16.5 Å². The zero-order valence-electron chi connectivity index (χ0n) is 10.6. The third-order valence-corrected chi connectivity index (χ3v) is 2.98. The second-order valence-electron chi connectivity index (χ2n) is 4.55. The van der Waals surface area contributed by atoms with Crippen molar-refractivity contribution in [3.05, 3.63) is 0 Å². The summed E-state index contributed by atoms with van der Waals surface area (Å²) < 4.78 is 0. The Labute approximate surface area is 107 Å². The van der Waals surface area contributed by atoms with E-state index in [1.54, 1.807) is 0 Å². The average Bonchev–Trinajstić information content (AvgIpc) is 2.33. The fourth-order valence-electron chi connectivity index (χ4n) is 2.02. The molecular weight excluding hydrogens is 234 g/mol. The van der Waals surface area contributed by atoms with Gasteiger partial charge in [0.25, 0.3) is 0 Å². The number of piperidine rings is 1. The molecule has 1 rings (SSSR count). The van der Waals surface area contributed by atoms with E-state index in [4.69, 9.17) is 16.2 Å². The topological polar surface area (TPSA) is 114 Å². The van der Waals surface area contributed by atoms with Gasteiger partial charge in [0.2, 0.25) is 0 Å². The number of carboxylic acid groups (broad SMARTS) is 1. The predicted molar refractivity (Wildman–Crippen MR) is 69.1 cm³/mol. The summed E-state index contributed by atoms with van der Waals surface area (Å²) in [4.78, 5) is 11.1. The standard InChI is InChI=1S/C11H23N5O2/c12-11(13)14-6-4-5-9(10(17)18)15-16-7-2-1-3-8-16/h9,15H,1-8H2,(H,17,18)(H4,12,13,14)/t9-/m0/s1. The van der Waals surface area contributed by atoms with Crippen LogP contribution in [0.4, 0.5) is 0 Å². The lowest BCUT2D eigenvalue weighted by molar-refractivity contribution is -0.141. The molecule has 0 aromatic heterocycles. The third-order valence-electron chi connectivity index (χ3n) is 2.98. The van der Waals surface area contributed by atoms with E-state index in [1.165, 1.54) is 6.42 Å². The van der Waals surface area contributed by atoms with Gasteiger partial charge in [-0.15, -0.1) is 0 Å². The molecule has 104 valence electrons. The maximum absolute atomic E-state index is 11.1. The van der Waals surface area contributed by atoms with Crippen LogP contribution in [-0.4, -0.2) is 47.7 Å². The van der Waals surface area contributed by atoms with E-state index in [0.717, 1.165) is 25.9 Å². The summed E-state index contributed by atoms with van der Waals surface area (Å²) in [6, 6.07) is -0.558. The van der Waals surface area contributed by atoms with Crippen LogP contribution in [0.3, 0.4) is 0 Å². The highest BCUT2D eigenvalue weighted by Crippen LogP contribution is 2.08. The average molecular weight is 257 g/mol. The molecule has 0 aromatic rings. The monoisotopic (exact) mass is 257 g/mol. The van der Waals surface area contributed by atoms with Gasteiger partial charge in [-0.05, 0) is 25.7 Å². The molecule has 0 unspecified atom stereocenters. The molecule has 0 saturated carbocycles. The van der Waals surface area contributed by atoms with Crippen molar-refractivity contribution >= 4 is 11.9 Å². The molecule has 1 heterocycles. The maximum Gasteiger partial charge on any atom is 0.322 e. The zero-order chi connectivity index (χ0) is 13.4. The summed E-state index contributed by atoms with van der Waals surface area (Å²) >= 11 is 0. The fraction of sp³-hybridized carbons (Fsp3) is 0.818. The van der Waals surface area contributed by atoms with Gasteiger partial charge < -0.3 is 16.2 Å². The van der Waals surface area contributed by atoms with E-state index in [-0.39, 0.29) is 5.96 Å². The smallest absolute Gasteiger partial charge is 0.322 e. The second-order valence-corrected chi connectivity index (χ2v) is 4.55. The lowest BCUT2D eigenvalue weighted by atomic mass is 10.1. The Hall–Kier alpha value is -1.34. The van der Waals surface area contributed by atoms with Gasteiger partial charge in [0.05, 0.1) is 0 Å². The number of nitrogens with zero attached hydrogens (tertiary/aromatic N) is 1. The summed E-state index contributed by atoms with van der Waals surface area (Å²) in [6.45, 7) is 2.35. The molecule has 1 saturated heterocycles. The quantitative estimate of drug-likeness (QED) is 0.243. The van der Waals surface area contributed by atoms with E-state index in [9.17, 15) is 4.79 Å². The van der Waals surface area contributed by atoms with Crippen LogP contribution in [0.5, 0.6) is 0 Å². The van der Waals surface area contributed by atoms with Crippen LogP contribution >= 0.6 is 0 Å². The Morgan fingerprint density at radius 1 is 1.39 bits per heavy atom. The Morgan fingerprint density at radius 3 is 2.61 bits per heavy atom. The molecule has 7 heteroatoms. The van der Waals surface area contributed by atoms with Crippen LogP contribution in [0.15, 0.2) is 0 Å². The minimum atomic E-state index is -0.830. The highest BCUT2D eigenvalue weighted by Gasteiger charge is 2.20. The molecule has 6 N–H and O–H groups in total. The number of nitrogens with one attached hydrogen (secondary N) is 3. The number of hydrogen-bond donors (Lipinski definition) is 5. The van der Waals surface area contributed by atoms with Gasteiger partial charge in [0, 0.05) is 19.6 Å². The lowest BCUT2D eigenvalue weighted by Crippen LogP contribution is -2.50. The first-order chi connectivity index (χ1) is 8.59. The predicted octanol–water partition coefficient (Wildman–Crippen LogP) is -0.307. The molecule has 1 aliphatic rings. The van der Waals surface area contributed by atoms with E-state index in [1.807, 2.05) is 5.01 Å². The van der Waals surface area contributed by atoms with Crippen LogP contribution in [0.2, 0.25) is 0 Å². The molecular formula is C11H23N5O2. The molecule has 0 bridgehead atoms. The van der Waals surface area contributed by atoms with Crippen LogP contribution in [0, 0.1) is 5.41 Å². The van der Waals surface area contributed by atoms with Crippen molar-refractivity contribution in [3.8, 4) is 0 Å². The third kappa shape index (κ3) is 5.83. The van der Waals surface area contributed by atoms with E-state index in [2.05, 4.69) is 10.7 Å². The Balaban J connectivity index is 2.25. The van der Waals surface area contributed by atoms with Crippen LogP contribution in [0.1, 0.15) is 32.1 Å². The lowest BCUT2D eigenvalue weighted by Gasteiger charge is -2.30. The van der Waals surface area contributed by atoms with Crippen molar-refractivity contribution in [1.29, 1.82) is 5.41 Å². The number of carboxylic acids is 1. The molecule has 1 aliphatic heterocycles. The minimum absolute atomic E-state index is 0.0779. The highest BCUT2D eigenvalue weighted by atomic mass is 16.4. The van der Waals surface area contributed by atoms with Gasteiger partial charge in [0.15, 0.2) is 5.96 Å². The van der Waals surface area contributed by atoms with Crippen LogP contribution in [-0.2, 0) is 4.79 Å². The first-order valence-electron chi connectivity index (χ1n) is 6.41. The normalized spacial score (nSPS) is 18.2. The fourth-order valence-corrected chi connectivity index (χ4v) is 2.02. The van der Waals surface area contributed by atoms with Crippen molar-refractivity contribution in [1.82, 2.24) is 15.8 Å². The number of rotatable bonds is 7. The summed E-state index contributed by atoms with van der Waals surface area (Å²) in [5, 5.41) is 20.8. The van der Waals surface area contributed by atoms with Crippen molar-refractivity contribution in [2.45, 2.75) is 38.1 Å². The van der Waals surface area contributed by atoms with Crippen molar-refractivity contribution in [3.63, 3.8) is 0 Å². The molecule has 0 aromatic carbocycles. The number of carbonyl (C=O) groups is 1. The van der Waals surface area contributed by atoms with E-state index in [0.29, 0.717) is 19.4 Å². The summed E-state index contributed by atoms with van der Waals surface area (Å²) in [5.41, 5.74) is 8.22. The molecule has 0 spiro atoms. The summed E-state index contributed by atoms with van der Waals surface area (Å²) in [7, 11) is 0. The number of hydrogen-bond acceptors (Lipinski definition) is 4. The summed E-state index contributed by atoms with van der Waals surface area (Å²) in [5.74, 6) is -0.908. The first kappa shape index (κ1) is 14.7. The molecule has 0 radical (unpaired) electrons. The molecule has 0 aliphatic carbocycles. The SMILES string of the molecule is N=C(N)NCCC[C@H](NN1CCCCC1)C(=O)O. The Morgan fingerprint density at radius 2 is 2.06 bits per heavy atom. The Kier molecular flexibility index (Phi) is 6.45. The summed E-state index contributed by atoms with van der Waals surface area (Å²) in [6.07, 6.45) is 4.64. The second kappa shape index (κ2) is 7.88. The van der Waals surface area contributed by atoms with Crippen molar-refractivity contribution in [2.24, 2.45) is 5.73 Å². The van der Waals surface area contributed by atoms with Gasteiger partial charge in [-0.3, -0.25) is 10.2 Å². The number of guanidine groups is 1. The molecule has 18 heavy (non-hydrogen) atoms. The van der Waals surface area contributed by atoms with Crippen molar-refractivity contribution < 1.29 is 9.90 Å².